The van der Waals surface area contributed by atoms with Gasteiger partial charge in [-0.2, -0.15) is 0 Å². The zero-order valence-corrected chi connectivity index (χ0v) is 35.0. The summed E-state index contributed by atoms with van der Waals surface area (Å²) >= 11 is 13.8. The van der Waals surface area contributed by atoms with E-state index in [1.165, 1.54) is 17.8 Å². The number of imide groups is 2. The largest absolute Gasteiger partial charge is 0.381 e. The van der Waals surface area contributed by atoms with Crippen LogP contribution in [0.15, 0.2) is 52.5 Å². The van der Waals surface area contributed by atoms with Crippen LogP contribution < -0.4 is 32.3 Å². The van der Waals surface area contributed by atoms with Crippen LogP contribution in [0.2, 0.25) is 10.0 Å². The molecule has 0 saturated carbocycles. The van der Waals surface area contributed by atoms with Crippen molar-refractivity contribution in [3.63, 3.8) is 0 Å². The molecule has 15 nitrogen and oxygen atoms in total. The molecule has 314 valence electrons. The lowest BCUT2D eigenvalue weighted by atomic mass is 9.74. The van der Waals surface area contributed by atoms with E-state index in [-0.39, 0.29) is 53.3 Å². The predicted octanol–water partition coefficient (Wildman–Crippen LogP) is 5.73. The molecule has 2 fully saturated rings. The molecule has 0 aliphatic carbocycles. The number of carbonyl (C=O) groups is 6. The summed E-state index contributed by atoms with van der Waals surface area (Å²) in [6.45, 7) is 2.72. The van der Waals surface area contributed by atoms with Gasteiger partial charge < -0.3 is 27.0 Å². The Balaban J connectivity index is 0.830. The van der Waals surface area contributed by atoms with Crippen molar-refractivity contribution < 1.29 is 28.8 Å². The van der Waals surface area contributed by atoms with Crippen LogP contribution in [0.1, 0.15) is 104 Å². The normalized spacial score (nSPS) is 17.5. The monoisotopic (exact) mass is 865 g/mol. The first-order valence-corrected chi connectivity index (χ1v) is 21.6. The van der Waals surface area contributed by atoms with Crippen LogP contribution in [0.5, 0.6) is 0 Å². The molecule has 0 bridgehead atoms. The minimum Gasteiger partial charge on any atom is -0.381 e. The van der Waals surface area contributed by atoms with Crippen molar-refractivity contribution in [1.29, 1.82) is 0 Å². The van der Waals surface area contributed by atoms with Gasteiger partial charge in [0.1, 0.15) is 16.9 Å². The highest BCUT2D eigenvalue weighted by Crippen LogP contribution is 2.40. The van der Waals surface area contributed by atoms with Crippen LogP contribution in [-0.4, -0.2) is 82.5 Å². The molecule has 6 amide bonds. The van der Waals surface area contributed by atoms with Gasteiger partial charge in [-0.1, -0.05) is 66.4 Å². The topological polar surface area (TPSA) is 223 Å². The number of halogens is 2. The number of fused-ring (bicyclic) bond motifs is 1. The quantitative estimate of drug-likeness (QED) is 0.0764. The Morgan fingerprint density at radius 1 is 0.932 bits per heavy atom. The minimum atomic E-state index is -1.09. The standard InChI is InChI=1S/C41H49Cl2N9O6S/c42-26-10-8-12-29(35(26)43)59-38-36(45)49-30(23-47-38)51-21-18-41(24-44,19-22-51)17-5-1-3-13-31(53)46-20-6-2-4-14-32(54)48-27-11-7-9-25-34(27)40(58)52(39(25)57)28-15-16-33(55)50-37(28)56/h7-12,23,28H,1-6,13-22,24,44H2,(H2,45,49)(H,46,53)(H,48,54)(H,50,55,56). The maximum absolute atomic E-state index is 13.3. The van der Waals surface area contributed by atoms with Crippen LogP contribution in [0.3, 0.4) is 0 Å². The van der Waals surface area contributed by atoms with E-state index in [1.807, 2.05) is 12.1 Å². The number of aromatic nitrogens is 2. The molecular weight excluding hydrogens is 817 g/mol. The van der Waals surface area contributed by atoms with Crippen molar-refractivity contribution >= 4 is 87.7 Å². The van der Waals surface area contributed by atoms with Crippen LogP contribution in [0.4, 0.5) is 17.3 Å². The number of hydrogen-bond acceptors (Lipinski definition) is 12. The summed E-state index contributed by atoms with van der Waals surface area (Å²) in [4.78, 5) is 88.5. The van der Waals surface area contributed by atoms with Gasteiger partial charge in [-0.25, -0.2) is 9.97 Å². The number of unbranched alkanes of at least 4 members (excludes halogenated alkanes) is 4. The van der Waals surface area contributed by atoms with Crippen LogP contribution in [0, 0.1) is 5.41 Å². The Morgan fingerprint density at radius 2 is 1.66 bits per heavy atom. The third kappa shape index (κ3) is 10.7. The number of piperidine rings is 2. The van der Waals surface area contributed by atoms with E-state index in [9.17, 15) is 28.8 Å². The Kier molecular flexibility index (Phi) is 14.8. The Labute approximate surface area is 357 Å². The van der Waals surface area contributed by atoms with Gasteiger partial charge in [0.25, 0.3) is 11.8 Å². The number of rotatable bonds is 18. The van der Waals surface area contributed by atoms with E-state index in [2.05, 4.69) is 30.8 Å². The van der Waals surface area contributed by atoms with Crippen molar-refractivity contribution in [2.75, 3.05) is 42.1 Å². The maximum atomic E-state index is 13.3. The number of nitrogens with two attached hydrogens (primary N) is 2. The number of anilines is 3. The molecule has 4 heterocycles. The smallest absolute Gasteiger partial charge is 0.264 e. The fourth-order valence-electron chi connectivity index (χ4n) is 7.74. The average Bonchev–Trinajstić information content (AvgIpc) is 3.47. The second-order valence-corrected chi connectivity index (χ2v) is 17.0. The molecule has 7 N–H and O–H groups in total. The second-order valence-electron chi connectivity index (χ2n) is 15.2. The molecule has 2 saturated heterocycles. The summed E-state index contributed by atoms with van der Waals surface area (Å²) in [5, 5.41) is 9.36. The number of nitrogen functional groups attached to an aromatic ring is 1. The van der Waals surface area contributed by atoms with Gasteiger partial charge in [-0.05, 0) is 81.2 Å². The molecule has 6 rings (SSSR count). The van der Waals surface area contributed by atoms with Crippen molar-refractivity contribution in [3.05, 3.63) is 63.8 Å². The lowest BCUT2D eigenvalue weighted by molar-refractivity contribution is -0.136. The van der Waals surface area contributed by atoms with Crippen LogP contribution in [0.25, 0.3) is 0 Å². The minimum absolute atomic E-state index is 0.00792. The highest BCUT2D eigenvalue weighted by atomic mass is 35.5. The van der Waals surface area contributed by atoms with E-state index in [1.54, 1.807) is 24.4 Å². The van der Waals surface area contributed by atoms with E-state index < -0.39 is 29.7 Å². The fourth-order valence-corrected chi connectivity index (χ4v) is 9.03. The molecule has 59 heavy (non-hydrogen) atoms. The third-order valence-electron chi connectivity index (χ3n) is 11.2. The molecule has 0 spiro atoms. The van der Waals surface area contributed by atoms with Crippen molar-refractivity contribution in [2.24, 2.45) is 11.1 Å². The lowest BCUT2D eigenvalue weighted by Crippen LogP contribution is -2.54. The summed E-state index contributed by atoms with van der Waals surface area (Å²) in [5.74, 6) is -1.70. The first-order chi connectivity index (χ1) is 28.4. The van der Waals surface area contributed by atoms with Crippen molar-refractivity contribution in [2.45, 2.75) is 99.4 Å². The van der Waals surface area contributed by atoms with E-state index in [4.69, 9.17) is 34.7 Å². The summed E-state index contributed by atoms with van der Waals surface area (Å²) in [5.41, 5.74) is 13.0. The van der Waals surface area contributed by atoms with Crippen LogP contribution in [-0.2, 0) is 19.2 Å². The molecule has 3 aliphatic heterocycles. The van der Waals surface area contributed by atoms with E-state index in [0.29, 0.717) is 59.7 Å². The Hall–Kier alpha value is -4.77. The molecule has 1 atom stereocenters. The predicted molar refractivity (Wildman–Crippen MR) is 226 cm³/mol. The number of nitrogens with one attached hydrogen (secondary N) is 3. The van der Waals surface area contributed by atoms with Gasteiger partial charge in [-0.3, -0.25) is 39.0 Å². The molecule has 18 heteroatoms. The number of carbonyl (C=O) groups excluding carboxylic acids is 6. The number of benzene rings is 2. The summed E-state index contributed by atoms with van der Waals surface area (Å²) in [6, 6.07) is 8.91. The highest BCUT2D eigenvalue weighted by molar-refractivity contribution is 7.99. The molecule has 1 unspecified atom stereocenters. The van der Waals surface area contributed by atoms with Crippen molar-refractivity contribution in [1.82, 2.24) is 25.5 Å². The fraction of sp³-hybridized carbons (Fsp3) is 0.463. The van der Waals surface area contributed by atoms with E-state index >= 15 is 0 Å². The van der Waals surface area contributed by atoms with Gasteiger partial charge in [-0.15, -0.1) is 0 Å². The molecule has 0 radical (unpaired) electrons. The molecule has 3 aromatic rings. The van der Waals surface area contributed by atoms with Crippen LogP contribution >= 0.6 is 35.0 Å². The number of nitrogens with zero attached hydrogens (tertiary/aromatic N) is 4. The van der Waals surface area contributed by atoms with Gasteiger partial charge in [0.2, 0.25) is 23.6 Å². The molecule has 2 aromatic carbocycles. The summed E-state index contributed by atoms with van der Waals surface area (Å²) in [6.07, 6.45) is 10.0. The number of amides is 6. The first kappa shape index (κ1) is 43.8. The lowest BCUT2D eigenvalue weighted by Gasteiger charge is -2.42. The van der Waals surface area contributed by atoms with Gasteiger partial charge in [0.05, 0.1) is 33.1 Å². The summed E-state index contributed by atoms with van der Waals surface area (Å²) in [7, 11) is 0. The Morgan fingerprint density at radius 3 is 2.39 bits per heavy atom. The molecule has 3 aliphatic rings. The van der Waals surface area contributed by atoms with Gasteiger partial charge in [0.15, 0.2) is 5.82 Å². The second kappa shape index (κ2) is 20.0. The van der Waals surface area contributed by atoms with Gasteiger partial charge in [0, 0.05) is 43.8 Å². The summed E-state index contributed by atoms with van der Waals surface area (Å²) < 4.78 is 0. The molecule has 1 aromatic heterocycles. The molecular formula is C41H49Cl2N9O6S. The zero-order valence-electron chi connectivity index (χ0n) is 32.7. The average molecular weight is 867 g/mol. The van der Waals surface area contributed by atoms with E-state index in [0.717, 1.165) is 67.2 Å². The first-order valence-electron chi connectivity index (χ1n) is 20.0. The maximum Gasteiger partial charge on any atom is 0.264 e. The van der Waals surface area contributed by atoms with Gasteiger partial charge >= 0.3 is 0 Å². The Bertz CT molecular complexity index is 2100. The highest BCUT2D eigenvalue weighted by Gasteiger charge is 2.45. The zero-order chi connectivity index (χ0) is 42.1. The number of hydrogen-bond donors (Lipinski definition) is 5. The SMILES string of the molecule is NCC1(CCCCCC(=O)NCCCCCC(=O)Nc2cccc3c2C(=O)N(C2CCC(=O)NC2=O)C3=O)CCN(c2cnc(Sc3cccc(Cl)c3Cl)c(N)n2)CC1. The third-order valence-corrected chi connectivity index (χ3v) is 13.2. The van der Waals surface area contributed by atoms with Crippen molar-refractivity contribution in [3.8, 4) is 0 Å².